The van der Waals surface area contributed by atoms with Crippen LogP contribution in [-0.2, 0) is 10.1 Å². The third kappa shape index (κ3) is 5.41. The summed E-state index contributed by atoms with van der Waals surface area (Å²) in [5.74, 6) is -0.688. The molecule has 74 valence electrons. The van der Waals surface area contributed by atoms with Crippen molar-refractivity contribution in [1.82, 2.24) is 4.90 Å². The van der Waals surface area contributed by atoms with Gasteiger partial charge >= 0.3 is 6.10 Å². The summed E-state index contributed by atoms with van der Waals surface area (Å²) in [4.78, 5) is 0.542. The van der Waals surface area contributed by atoms with Crippen molar-refractivity contribution in [2.24, 2.45) is 0 Å². The lowest BCUT2D eigenvalue weighted by molar-refractivity contribution is -0.386. The van der Waals surface area contributed by atoms with Crippen LogP contribution in [0.4, 0.5) is 0 Å². The molecule has 0 spiro atoms. The molecule has 0 aliphatic rings. The second kappa shape index (κ2) is 3.64. The monoisotopic (exact) mass is 201 g/mol. The van der Waals surface area contributed by atoms with E-state index < -0.39 is 28.5 Å². The predicted molar refractivity (Wildman–Crippen MR) is 38.4 cm³/mol. The van der Waals surface area contributed by atoms with Gasteiger partial charge in [-0.3, -0.25) is 4.55 Å². The van der Waals surface area contributed by atoms with E-state index in [1.54, 1.807) is 0 Å². The fourth-order valence-electron chi connectivity index (χ4n) is 0.402. The maximum atomic E-state index is 10.1. The van der Waals surface area contributed by atoms with Gasteiger partial charge in [0.1, 0.15) is 0 Å². The smallest absolute Gasteiger partial charge is 0.330 e. The molecule has 0 atom stereocenters. The third-order valence-corrected chi connectivity index (χ3v) is 1.90. The number of nitrogens with zero attached hydrogens (tertiary/aromatic N) is 1. The molecule has 7 nitrogen and oxygen atoms in total. The lowest BCUT2D eigenvalue weighted by Gasteiger charge is -2.25. The van der Waals surface area contributed by atoms with Gasteiger partial charge in [0, 0.05) is 6.54 Å². The van der Waals surface area contributed by atoms with Crippen LogP contribution >= 0.6 is 0 Å². The van der Waals surface area contributed by atoms with Gasteiger partial charge in [0.05, 0.1) is 5.75 Å². The Labute approximate surface area is 69.6 Å². The molecule has 0 amide bonds. The first-order valence-electron chi connectivity index (χ1n) is 2.96. The molecule has 0 saturated carbocycles. The number of rotatable bonds is 4. The molecule has 0 fully saturated rings. The minimum atomic E-state index is -4.15. The van der Waals surface area contributed by atoms with E-state index in [1.165, 1.54) is 0 Å². The van der Waals surface area contributed by atoms with Crippen LogP contribution in [-0.4, -0.2) is 58.6 Å². The van der Waals surface area contributed by atoms with Gasteiger partial charge in [-0.05, 0) is 7.05 Å². The Morgan fingerprint density at radius 1 is 1.33 bits per heavy atom. The van der Waals surface area contributed by atoms with Crippen LogP contribution in [0.25, 0.3) is 0 Å². The molecule has 12 heavy (non-hydrogen) atoms. The molecule has 0 unspecified atom stereocenters. The Morgan fingerprint density at radius 2 is 1.75 bits per heavy atom. The molecule has 0 saturated heterocycles. The molecule has 0 aliphatic carbocycles. The quantitative estimate of drug-likeness (QED) is 0.291. The van der Waals surface area contributed by atoms with Crippen LogP contribution in [0, 0.1) is 0 Å². The summed E-state index contributed by atoms with van der Waals surface area (Å²) in [5.41, 5.74) is 0. The van der Waals surface area contributed by atoms with E-state index in [1.807, 2.05) is 0 Å². The Bertz CT molecular complexity index is 228. The molecule has 8 heteroatoms. The second-order valence-corrected chi connectivity index (χ2v) is 3.88. The van der Waals surface area contributed by atoms with Gasteiger partial charge in [-0.25, -0.2) is 4.90 Å². The summed E-state index contributed by atoms with van der Waals surface area (Å²) in [6, 6.07) is 0. The molecule has 0 radical (unpaired) electrons. The van der Waals surface area contributed by atoms with Crippen molar-refractivity contribution in [3.8, 4) is 0 Å². The van der Waals surface area contributed by atoms with E-state index >= 15 is 0 Å². The molecule has 0 rings (SSSR count). The van der Waals surface area contributed by atoms with Crippen LogP contribution in [0.1, 0.15) is 0 Å². The Morgan fingerprint density at radius 3 is 2.00 bits per heavy atom. The van der Waals surface area contributed by atoms with Crippen molar-refractivity contribution in [3.63, 3.8) is 0 Å². The van der Waals surface area contributed by atoms with E-state index in [4.69, 9.17) is 19.9 Å². The third-order valence-electron chi connectivity index (χ3n) is 1.20. The zero-order chi connectivity index (χ0) is 9.99. The minimum absolute atomic E-state index is 0.400. The lowest BCUT2D eigenvalue weighted by Crippen LogP contribution is -2.47. The number of hydrogen-bond donors (Lipinski definition) is 4. The van der Waals surface area contributed by atoms with E-state index in [2.05, 4.69) is 0 Å². The first-order chi connectivity index (χ1) is 5.13. The average molecular weight is 201 g/mol. The van der Waals surface area contributed by atoms with Gasteiger partial charge in [0.25, 0.3) is 10.1 Å². The summed E-state index contributed by atoms with van der Waals surface area (Å²) in [7, 11) is -3.08. The summed E-state index contributed by atoms with van der Waals surface area (Å²) in [5, 5.41) is 25.3. The van der Waals surface area contributed by atoms with Gasteiger partial charge in [-0.2, -0.15) is 8.42 Å². The predicted octanol–water partition coefficient (Wildman–Crippen LogP) is -2.61. The maximum Gasteiger partial charge on any atom is 0.345 e. The van der Waals surface area contributed by atoms with Gasteiger partial charge in [-0.1, -0.05) is 0 Å². The van der Waals surface area contributed by atoms with Crippen LogP contribution in [0.3, 0.4) is 0 Å². The molecule has 0 aromatic heterocycles. The van der Waals surface area contributed by atoms with Crippen LogP contribution < -0.4 is 0 Å². The topological polar surface area (TPSA) is 118 Å². The lowest BCUT2D eigenvalue weighted by atomic mass is 10.6. The van der Waals surface area contributed by atoms with Crippen molar-refractivity contribution >= 4 is 10.1 Å². The SMILES string of the molecule is CN(CCS(=O)(=O)O)C(O)(O)O. The van der Waals surface area contributed by atoms with E-state index in [0.717, 1.165) is 7.05 Å². The largest absolute Gasteiger partial charge is 0.345 e. The summed E-state index contributed by atoms with van der Waals surface area (Å²) >= 11 is 0. The highest BCUT2D eigenvalue weighted by Crippen LogP contribution is 1.99. The van der Waals surface area contributed by atoms with E-state index in [-0.39, 0.29) is 0 Å². The van der Waals surface area contributed by atoms with Gasteiger partial charge in [0.2, 0.25) is 0 Å². The van der Waals surface area contributed by atoms with Crippen LogP contribution in [0.5, 0.6) is 0 Å². The molecule has 0 aliphatic heterocycles. The fourth-order valence-corrected chi connectivity index (χ4v) is 0.907. The molecule has 0 aromatic rings. The second-order valence-electron chi connectivity index (χ2n) is 2.31. The molecule has 0 heterocycles. The van der Waals surface area contributed by atoms with Crippen LogP contribution in [0.15, 0.2) is 0 Å². The average Bonchev–Trinajstić information content (AvgIpc) is 1.78. The highest BCUT2D eigenvalue weighted by Gasteiger charge is 2.25. The Balaban J connectivity index is 3.97. The zero-order valence-corrected chi connectivity index (χ0v) is 7.19. The molecule has 0 bridgehead atoms. The van der Waals surface area contributed by atoms with Crippen molar-refractivity contribution in [1.29, 1.82) is 0 Å². The van der Waals surface area contributed by atoms with Crippen molar-refractivity contribution < 1.29 is 28.3 Å². The first-order valence-corrected chi connectivity index (χ1v) is 4.57. The minimum Gasteiger partial charge on any atom is -0.330 e. The Hall–Kier alpha value is -0.250. The summed E-state index contributed by atoms with van der Waals surface area (Å²) in [6.45, 7) is -0.400. The van der Waals surface area contributed by atoms with E-state index in [9.17, 15) is 8.42 Å². The highest BCUT2D eigenvalue weighted by atomic mass is 32.2. The van der Waals surface area contributed by atoms with Crippen molar-refractivity contribution in [2.75, 3.05) is 19.3 Å². The molecular weight excluding hydrogens is 190 g/mol. The summed E-state index contributed by atoms with van der Waals surface area (Å²) in [6.07, 6.45) is -3.06. The normalized spacial score (nSPS) is 13.8. The summed E-state index contributed by atoms with van der Waals surface area (Å²) < 4.78 is 28.5. The van der Waals surface area contributed by atoms with E-state index in [0.29, 0.717) is 4.90 Å². The Kier molecular flexibility index (Phi) is 3.57. The number of hydrogen-bond acceptors (Lipinski definition) is 6. The zero-order valence-electron chi connectivity index (χ0n) is 6.38. The van der Waals surface area contributed by atoms with Crippen molar-refractivity contribution in [2.45, 2.75) is 6.10 Å². The van der Waals surface area contributed by atoms with Crippen molar-refractivity contribution in [3.05, 3.63) is 0 Å². The van der Waals surface area contributed by atoms with Gasteiger partial charge < -0.3 is 15.3 Å². The number of aliphatic hydroxyl groups is 3. The maximum absolute atomic E-state index is 10.1. The highest BCUT2D eigenvalue weighted by molar-refractivity contribution is 7.85. The van der Waals surface area contributed by atoms with Crippen LogP contribution in [0.2, 0.25) is 0 Å². The van der Waals surface area contributed by atoms with Gasteiger partial charge in [-0.15, -0.1) is 0 Å². The standard InChI is InChI=1S/C4H11NO6S/c1-5(4(6,7)8)2-3-12(9,10)11/h6-8H,2-3H2,1H3,(H,9,10,11). The molecule has 4 N–H and O–H groups in total. The first kappa shape index (κ1) is 11.8. The van der Waals surface area contributed by atoms with Gasteiger partial charge in [0.15, 0.2) is 0 Å². The molecular formula is C4H11NO6S. The fraction of sp³-hybridized carbons (Fsp3) is 1.00. The molecule has 0 aromatic carbocycles.